The van der Waals surface area contributed by atoms with E-state index in [1.165, 1.54) is 11.3 Å². The Hall–Kier alpha value is -2.70. The van der Waals surface area contributed by atoms with Crippen molar-refractivity contribution in [2.24, 2.45) is 0 Å². The van der Waals surface area contributed by atoms with Crippen molar-refractivity contribution in [2.75, 3.05) is 19.7 Å². The number of thiophene rings is 1. The van der Waals surface area contributed by atoms with Crippen LogP contribution >= 0.6 is 11.3 Å². The van der Waals surface area contributed by atoms with Crippen molar-refractivity contribution in [3.63, 3.8) is 0 Å². The molecule has 158 valence electrons. The molecule has 1 N–H and O–H groups in total. The number of nitrogens with zero attached hydrogens (tertiary/aromatic N) is 1. The molecule has 1 aromatic heterocycles. The van der Waals surface area contributed by atoms with Crippen LogP contribution in [-0.2, 0) is 17.7 Å². The average molecular weight is 426 g/mol. The van der Waals surface area contributed by atoms with E-state index in [0.29, 0.717) is 32.6 Å². The lowest BCUT2D eigenvalue weighted by molar-refractivity contribution is 0.0528. The molecule has 3 aromatic rings. The van der Waals surface area contributed by atoms with Gasteiger partial charge in [0.05, 0.1) is 16.9 Å². The maximum absolute atomic E-state index is 12.8. The van der Waals surface area contributed by atoms with E-state index >= 15 is 0 Å². The zero-order valence-electron chi connectivity index (χ0n) is 17.6. The quantitative estimate of drug-likeness (QED) is 0.384. The number of hydrogen-bond acceptors (Lipinski definition) is 6. The predicted molar refractivity (Wildman–Crippen MR) is 121 cm³/mol. The Morgan fingerprint density at radius 2 is 1.73 bits per heavy atom. The molecule has 0 bridgehead atoms. The standard InChI is InChI=1S/C24H27NO4S/c1-4-25(5-2)15-17-12-13-18-21(24(28)29-6-3)20(30-23(18)22(17)27)14-19(26)16-10-8-7-9-11-16/h7-13,27H,4-6,14-15H2,1-3H3. The number of carbonyl (C=O) groups is 2. The Balaban J connectivity index is 2.06. The van der Waals surface area contributed by atoms with Gasteiger partial charge in [0.2, 0.25) is 0 Å². The molecule has 0 atom stereocenters. The average Bonchev–Trinajstić information content (AvgIpc) is 3.13. The lowest BCUT2D eigenvalue weighted by Gasteiger charge is -2.18. The van der Waals surface area contributed by atoms with E-state index in [2.05, 4.69) is 18.7 Å². The highest BCUT2D eigenvalue weighted by molar-refractivity contribution is 7.20. The van der Waals surface area contributed by atoms with Crippen molar-refractivity contribution in [1.29, 1.82) is 0 Å². The molecule has 0 amide bonds. The van der Waals surface area contributed by atoms with Crippen LogP contribution in [0.25, 0.3) is 10.1 Å². The monoisotopic (exact) mass is 425 g/mol. The highest BCUT2D eigenvalue weighted by atomic mass is 32.1. The van der Waals surface area contributed by atoms with Gasteiger partial charge in [-0.05, 0) is 20.0 Å². The van der Waals surface area contributed by atoms with E-state index in [-0.39, 0.29) is 24.6 Å². The summed E-state index contributed by atoms with van der Waals surface area (Å²) in [6, 6.07) is 12.7. The van der Waals surface area contributed by atoms with Crippen LogP contribution in [0.15, 0.2) is 42.5 Å². The molecule has 3 rings (SSSR count). The van der Waals surface area contributed by atoms with Crippen LogP contribution in [0.3, 0.4) is 0 Å². The van der Waals surface area contributed by atoms with E-state index < -0.39 is 5.97 Å². The molecule has 0 spiro atoms. The molecule has 0 aliphatic rings. The Labute approximate surface area is 180 Å². The molecule has 0 unspecified atom stereocenters. The van der Waals surface area contributed by atoms with E-state index in [9.17, 15) is 14.7 Å². The molecule has 0 fully saturated rings. The number of fused-ring (bicyclic) bond motifs is 1. The van der Waals surface area contributed by atoms with Gasteiger partial charge < -0.3 is 9.84 Å². The summed E-state index contributed by atoms with van der Waals surface area (Å²) in [5, 5.41) is 11.6. The minimum absolute atomic E-state index is 0.0736. The van der Waals surface area contributed by atoms with Gasteiger partial charge >= 0.3 is 5.97 Å². The number of aromatic hydroxyl groups is 1. The summed E-state index contributed by atoms with van der Waals surface area (Å²) in [7, 11) is 0. The summed E-state index contributed by atoms with van der Waals surface area (Å²) in [6.45, 7) is 8.54. The number of carbonyl (C=O) groups excluding carboxylic acids is 2. The smallest absolute Gasteiger partial charge is 0.339 e. The normalized spacial score (nSPS) is 11.2. The van der Waals surface area contributed by atoms with Crippen LogP contribution in [0.2, 0.25) is 0 Å². The Kier molecular flexibility index (Phi) is 7.24. The topological polar surface area (TPSA) is 66.8 Å². The number of ether oxygens (including phenoxy) is 1. The molecule has 0 aliphatic heterocycles. The number of hydrogen-bond donors (Lipinski definition) is 1. The molecule has 0 aliphatic carbocycles. The fraction of sp³-hybridized carbons (Fsp3) is 0.333. The van der Waals surface area contributed by atoms with Gasteiger partial charge in [-0.1, -0.05) is 56.3 Å². The molecular weight excluding hydrogens is 398 g/mol. The van der Waals surface area contributed by atoms with Gasteiger partial charge in [-0.15, -0.1) is 11.3 Å². The van der Waals surface area contributed by atoms with Gasteiger partial charge in [-0.3, -0.25) is 9.69 Å². The summed E-state index contributed by atoms with van der Waals surface area (Å²) in [6.07, 6.45) is 0.0856. The second-order valence-electron chi connectivity index (χ2n) is 7.00. The summed E-state index contributed by atoms with van der Waals surface area (Å²) < 4.78 is 5.88. The van der Waals surface area contributed by atoms with Crippen molar-refractivity contribution in [3.05, 3.63) is 64.0 Å². The van der Waals surface area contributed by atoms with Gasteiger partial charge in [0, 0.05) is 34.4 Å². The number of Topliss-reactive ketones (excluding diaryl/α,β-unsaturated/α-hetero) is 1. The number of ketones is 1. The van der Waals surface area contributed by atoms with Crippen LogP contribution in [0.5, 0.6) is 5.75 Å². The third kappa shape index (κ3) is 4.55. The number of phenols is 1. The lowest BCUT2D eigenvalue weighted by Crippen LogP contribution is -2.22. The van der Waals surface area contributed by atoms with Crippen LogP contribution in [0.4, 0.5) is 0 Å². The largest absolute Gasteiger partial charge is 0.506 e. The first-order chi connectivity index (χ1) is 14.5. The maximum atomic E-state index is 12.8. The zero-order chi connectivity index (χ0) is 21.7. The van der Waals surface area contributed by atoms with Crippen LogP contribution in [0.1, 0.15) is 51.9 Å². The zero-order valence-corrected chi connectivity index (χ0v) is 18.4. The summed E-state index contributed by atoms with van der Waals surface area (Å²) in [5.74, 6) is -0.362. The Bertz CT molecular complexity index is 1040. The van der Waals surface area contributed by atoms with Crippen LogP contribution in [0, 0.1) is 0 Å². The molecule has 0 saturated carbocycles. The maximum Gasteiger partial charge on any atom is 0.339 e. The van der Waals surface area contributed by atoms with Gasteiger partial charge in [0.15, 0.2) is 5.78 Å². The van der Waals surface area contributed by atoms with E-state index in [4.69, 9.17) is 4.74 Å². The van der Waals surface area contributed by atoms with Gasteiger partial charge in [-0.25, -0.2) is 4.79 Å². The Morgan fingerprint density at radius 3 is 2.37 bits per heavy atom. The Morgan fingerprint density at radius 1 is 1.03 bits per heavy atom. The predicted octanol–water partition coefficient (Wildman–Crippen LogP) is 5.05. The number of esters is 1. The van der Waals surface area contributed by atoms with Gasteiger partial charge in [-0.2, -0.15) is 0 Å². The third-order valence-corrected chi connectivity index (χ3v) is 6.39. The second kappa shape index (κ2) is 9.87. The van der Waals surface area contributed by atoms with Crippen molar-refractivity contribution in [1.82, 2.24) is 4.90 Å². The highest BCUT2D eigenvalue weighted by Crippen LogP contribution is 2.40. The molecule has 0 radical (unpaired) electrons. The molecule has 30 heavy (non-hydrogen) atoms. The van der Waals surface area contributed by atoms with Crippen LogP contribution in [-0.4, -0.2) is 41.5 Å². The van der Waals surface area contributed by atoms with E-state index in [1.807, 2.05) is 30.3 Å². The lowest BCUT2D eigenvalue weighted by atomic mass is 10.0. The molecule has 0 saturated heterocycles. The second-order valence-corrected chi connectivity index (χ2v) is 8.10. The van der Waals surface area contributed by atoms with Crippen molar-refractivity contribution in [3.8, 4) is 5.75 Å². The minimum atomic E-state index is -0.462. The number of rotatable bonds is 9. The van der Waals surface area contributed by atoms with Crippen molar-refractivity contribution in [2.45, 2.75) is 33.7 Å². The first-order valence-corrected chi connectivity index (χ1v) is 11.1. The number of phenolic OH excluding ortho intramolecular Hbond substituents is 1. The third-order valence-electron chi connectivity index (χ3n) is 5.17. The first kappa shape index (κ1) is 22.0. The summed E-state index contributed by atoms with van der Waals surface area (Å²) >= 11 is 1.29. The van der Waals surface area contributed by atoms with E-state index in [0.717, 1.165) is 18.7 Å². The molecular formula is C24H27NO4S. The minimum Gasteiger partial charge on any atom is -0.506 e. The van der Waals surface area contributed by atoms with Crippen LogP contribution < -0.4 is 0 Å². The first-order valence-electron chi connectivity index (χ1n) is 10.2. The SMILES string of the molecule is CCOC(=O)c1c(CC(=O)c2ccccc2)sc2c(O)c(CN(CC)CC)ccc12. The molecule has 1 heterocycles. The molecule has 2 aromatic carbocycles. The fourth-order valence-electron chi connectivity index (χ4n) is 3.48. The number of benzene rings is 2. The van der Waals surface area contributed by atoms with Crippen molar-refractivity contribution < 1.29 is 19.4 Å². The molecule has 5 nitrogen and oxygen atoms in total. The van der Waals surface area contributed by atoms with Gasteiger partial charge in [0.1, 0.15) is 5.75 Å². The van der Waals surface area contributed by atoms with Crippen molar-refractivity contribution >= 4 is 33.2 Å². The fourth-order valence-corrected chi connectivity index (χ4v) is 4.73. The molecule has 6 heteroatoms. The van der Waals surface area contributed by atoms with Gasteiger partial charge in [0.25, 0.3) is 0 Å². The summed E-state index contributed by atoms with van der Waals surface area (Å²) in [5.41, 5.74) is 1.78. The summed E-state index contributed by atoms with van der Waals surface area (Å²) in [4.78, 5) is 28.3. The highest BCUT2D eigenvalue weighted by Gasteiger charge is 2.25. The van der Waals surface area contributed by atoms with E-state index in [1.54, 1.807) is 19.1 Å².